The van der Waals surface area contributed by atoms with E-state index in [-0.39, 0.29) is 11.4 Å². The lowest BCUT2D eigenvalue weighted by atomic mass is 9.97. The molecule has 0 spiro atoms. The summed E-state index contributed by atoms with van der Waals surface area (Å²) < 4.78 is 14.1. The Hall–Kier alpha value is -1.44. The molecular weight excluding hydrogens is 253 g/mol. The van der Waals surface area contributed by atoms with E-state index in [4.69, 9.17) is 5.26 Å². The van der Waals surface area contributed by atoms with Crippen LogP contribution in [0.3, 0.4) is 0 Å². The third kappa shape index (κ3) is 3.78. The molecule has 1 aromatic carbocycles. The Labute approximate surface area is 120 Å². The maximum Gasteiger partial charge on any atom is 0.145 e. The average molecular weight is 275 g/mol. The Morgan fingerprint density at radius 3 is 3.10 bits per heavy atom. The predicted molar refractivity (Wildman–Crippen MR) is 77.7 cm³/mol. The van der Waals surface area contributed by atoms with E-state index in [1.807, 2.05) is 6.07 Å². The Bertz CT molecular complexity index is 481. The number of nitrogens with one attached hydrogen (secondary N) is 1. The van der Waals surface area contributed by atoms with Crippen LogP contribution in [0.25, 0.3) is 0 Å². The largest absolute Gasteiger partial charge is 0.317 e. The fourth-order valence-corrected chi connectivity index (χ4v) is 2.84. The van der Waals surface area contributed by atoms with Crippen LogP contribution in [-0.4, -0.2) is 31.1 Å². The van der Waals surface area contributed by atoms with Gasteiger partial charge in [-0.25, -0.2) is 4.39 Å². The lowest BCUT2D eigenvalue weighted by molar-refractivity contribution is 0.164. The first kappa shape index (κ1) is 15.0. The van der Waals surface area contributed by atoms with Crippen molar-refractivity contribution < 1.29 is 4.39 Å². The maximum atomic E-state index is 14.1. The van der Waals surface area contributed by atoms with Gasteiger partial charge in [0, 0.05) is 18.7 Å². The van der Waals surface area contributed by atoms with Gasteiger partial charge in [0.1, 0.15) is 11.9 Å². The first-order valence-electron chi connectivity index (χ1n) is 7.35. The summed E-state index contributed by atoms with van der Waals surface area (Å²) in [7, 11) is 0. The van der Waals surface area contributed by atoms with Crippen molar-refractivity contribution in [1.82, 2.24) is 10.2 Å². The zero-order valence-corrected chi connectivity index (χ0v) is 12.0. The fourth-order valence-electron chi connectivity index (χ4n) is 2.84. The van der Waals surface area contributed by atoms with E-state index in [0.29, 0.717) is 18.0 Å². The summed E-state index contributed by atoms with van der Waals surface area (Å²) in [4.78, 5) is 2.30. The fraction of sp³-hybridized carbons (Fsp3) is 0.562. The van der Waals surface area contributed by atoms with E-state index in [1.54, 1.807) is 12.1 Å². The van der Waals surface area contributed by atoms with Gasteiger partial charge in [-0.15, -0.1) is 0 Å². The van der Waals surface area contributed by atoms with E-state index >= 15 is 0 Å². The molecule has 1 unspecified atom stereocenters. The number of hydrogen-bond acceptors (Lipinski definition) is 3. The molecule has 0 amide bonds. The van der Waals surface area contributed by atoms with Crippen LogP contribution in [0, 0.1) is 23.1 Å². The molecule has 1 aromatic rings. The summed E-state index contributed by atoms with van der Waals surface area (Å²) in [6, 6.07) is 6.98. The van der Waals surface area contributed by atoms with Crippen LogP contribution >= 0.6 is 0 Å². The molecule has 0 aromatic heterocycles. The first-order valence-corrected chi connectivity index (χ1v) is 7.35. The Morgan fingerprint density at radius 2 is 2.35 bits per heavy atom. The molecular formula is C16H22FN3. The molecule has 1 fully saturated rings. The number of benzene rings is 1. The van der Waals surface area contributed by atoms with Crippen molar-refractivity contribution in [3.05, 3.63) is 35.1 Å². The van der Waals surface area contributed by atoms with E-state index in [9.17, 15) is 4.39 Å². The highest BCUT2D eigenvalue weighted by molar-refractivity contribution is 5.34. The minimum absolute atomic E-state index is 0.142. The van der Waals surface area contributed by atoms with Crippen LogP contribution in [0.2, 0.25) is 0 Å². The number of hydrogen-bond donors (Lipinski definition) is 1. The molecule has 4 heteroatoms. The quantitative estimate of drug-likeness (QED) is 0.897. The van der Waals surface area contributed by atoms with Gasteiger partial charge in [-0.3, -0.25) is 4.90 Å². The van der Waals surface area contributed by atoms with Gasteiger partial charge in [0.15, 0.2) is 0 Å². The SMILES string of the molecule is CCNCC1CCCN(Cc2cccc(C#N)c2F)C1. The Kier molecular flexibility index (Phi) is 5.51. The third-order valence-electron chi connectivity index (χ3n) is 3.88. The molecule has 0 aliphatic carbocycles. The lowest BCUT2D eigenvalue weighted by Gasteiger charge is -2.33. The minimum atomic E-state index is -0.358. The van der Waals surface area contributed by atoms with Gasteiger partial charge < -0.3 is 5.32 Å². The second kappa shape index (κ2) is 7.37. The van der Waals surface area contributed by atoms with Gasteiger partial charge >= 0.3 is 0 Å². The average Bonchev–Trinajstić information content (AvgIpc) is 2.48. The molecule has 0 radical (unpaired) electrons. The summed E-state index contributed by atoms with van der Waals surface area (Å²) in [5.74, 6) is 0.287. The number of halogens is 1. The van der Waals surface area contributed by atoms with Crippen LogP contribution in [0.4, 0.5) is 4.39 Å². The smallest absolute Gasteiger partial charge is 0.145 e. The van der Waals surface area contributed by atoms with Gasteiger partial charge in [-0.1, -0.05) is 19.1 Å². The van der Waals surface area contributed by atoms with E-state index < -0.39 is 0 Å². The molecule has 1 aliphatic heterocycles. The lowest BCUT2D eigenvalue weighted by Crippen LogP contribution is -2.39. The number of nitriles is 1. The standard InChI is InChI=1S/C16H22FN3/c1-2-19-10-13-5-4-8-20(11-13)12-15-7-3-6-14(9-18)16(15)17/h3,6-7,13,19H,2,4-5,8,10-12H2,1H3. The van der Waals surface area contributed by atoms with Gasteiger partial charge in [0.2, 0.25) is 0 Å². The summed E-state index contributed by atoms with van der Waals surface area (Å²) >= 11 is 0. The molecule has 20 heavy (non-hydrogen) atoms. The van der Waals surface area contributed by atoms with Crippen molar-refractivity contribution in [2.75, 3.05) is 26.2 Å². The molecule has 1 aliphatic rings. The highest BCUT2D eigenvalue weighted by atomic mass is 19.1. The van der Waals surface area contributed by atoms with Gasteiger partial charge in [-0.2, -0.15) is 5.26 Å². The van der Waals surface area contributed by atoms with Crippen molar-refractivity contribution in [1.29, 1.82) is 5.26 Å². The number of nitrogens with zero attached hydrogens (tertiary/aromatic N) is 2. The van der Waals surface area contributed by atoms with E-state index in [0.717, 1.165) is 32.6 Å². The molecule has 3 nitrogen and oxygen atoms in total. The molecule has 1 heterocycles. The zero-order chi connectivity index (χ0) is 14.4. The second-order valence-electron chi connectivity index (χ2n) is 5.44. The molecule has 0 saturated carbocycles. The van der Waals surface area contributed by atoms with Crippen LogP contribution in [0.1, 0.15) is 30.9 Å². The molecule has 1 saturated heterocycles. The molecule has 1 N–H and O–H groups in total. The Balaban J connectivity index is 1.98. The Morgan fingerprint density at radius 1 is 1.50 bits per heavy atom. The van der Waals surface area contributed by atoms with Crippen LogP contribution < -0.4 is 5.32 Å². The maximum absolute atomic E-state index is 14.1. The summed E-state index contributed by atoms with van der Waals surface area (Å²) in [5.41, 5.74) is 0.775. The van der Waals surface area contributed by atoms with Crippen LogP contribution in [0.5, 0.6) is 0 Å². The molecule has 1 atom stereocenters. The molecule has 108 valence electrons. The van der Waals surface area contributed by atoms with Crippen molar-refractivity contribution in [2.45, 2.75) is 26.3 Å². The summed E-state index contributed by atoms with van der Waals surface area (Å²) in [6.07, 6.45) is 2.40. The topological polar surface area (TPSA) is 39.1 Å². The van der Waals surface area contributed by atoms with E-state index in [1.165, 1.54) is 12.5 Å². The number of rotatable bonds is 5. The predicted octanol–water partition coefficient (Wildman–Crippen LogP) is 2.52. The third-order valence-corrected chi connectivity index (χ3v) is 3.88. The summed E-state index contributed by atoms with van der Waals surface area (Å²) in [6.45, 7) is 6.76. The van der Waals surface area contributed by atoms with Crippen molar-refractivity contribution in [3.8, 4) is 6.07 Å². The van der Waals surface area contributed by atoms with Gasteiger partial charge in [0.05, 0.1) is 5.56 Å². The first-order chi connectivity index (χ1) is 9.74. The second-order valence-corrected chi connectivity index (χ2v) is 5.44. The van der Waals surface area contributed by atoms with Crippen LogP contribution in [0.15, 0.2) is 18.2 Å². The highest BCUT2D eigenvalue weighted by Gasteiger charge is 2.20. The van der Waals surface area contributed by atoms with Crippen molar-refractivity contribution >= 4 is 0 Å². The highest BCUT2D eigenvalue weighted by Crippen LogP contribution is 2.20. The number of likely N-dealkylation sites (tertiary alicyclic amines) is 1. The molecule has 2 rings (SSSR count). The van der Waals surface area contributed by atoms with Crippen molar-refractivity contribution in [2.24, 2.45) is 5.92 Å². The normalized spacial score (nSPS) is 19.8. The van der Waals surface area contributed by atoms with E-state index in [2.05, 4.69) is 17.1 Å². The summed E-state index contributed by atoms with van der Waals surface area (Å²) in [5, 5.41) is 12.3. The van der Waals surface area contributed by atoms with Gasteiger partial charge in [0.25, 0.3) is 0 Å². The van der Waals surface area contributed by atoms with Crippen molar-refractivity contribution in [3.63, 3.8) is 0 Å². The number of piperidine rings is 1. The van der Waals surface area contributed by atoms with Crippen LogP contribution in [-0.2, 0) is 6.54 Å². The zero-order valence-electron chi connectivity index (χ0n) is 12.0. The monoisotopic (exact) mass is 275 g/mol. The van der Waals surface area contributed by atoms with Gasteiger partial charge in [-0.05, 0) is 44.5 Å². The minimum Gasteiger partial charge on any atom is -0.317 e. The molecule has 0 bridgehead atoms.